The molecule has 0 spiro atoms. The van der Waals surface area contributed by atoms with E-state index in [2.05, 4.69) is 20.8 Å². The van der Waals surface area contributed by atoms with Gasteiger partial charge in [0.25, 0.3) is 5.91 Å². The quantitative estimate of drug-likeness (QED) is 0.395. The number of aromatic nitrogens is 3. The van der Waals surface area contributed by atoms with Crippen molar-refractivity contribution in [1.29, 1.82) is 0 Å². The van der Waals surface area contributed by atoms with Crippen molar-refractivity contribution in [3.05, 3.63) is 70.0 Å². The molecule has 0 atom stereocenters. The van der Waals surface area contributed by atoms with E-state index in [4.69, 9.17) is 11.6 Å². The summed E-state index contributed by atoms with van der Waals surface area (Å²) in [7, 11) is 1.74. The van der Waals surface area contributed by atoms with Crippen molar-refractivity contribution in [2.24, 2.45) is 7.05 Å². The number of carbonyl (C=O) groups is 3. The van der Waals surface area contributed by atoms with Gasteiger partial charge in [0.05, 0.1) is 28.4 Å². The first-order chi connectivity index (χ1) is 15.8. The van der Waals surface area contributed by atoms with Crippen LogP contribution in [0.5, 0.6) is 0 Å². The number of hydrogen-bond acceptors (Lipinski definition) is 6. The molecule has 3 N–H and O–H groups in total. The zero-order valence-corrected chi connectivity index (χ0v) is 19.5. The van der Waals surface area contributed by atoms with E-state index in [-0.39, 0.29) is 29.7 Å². The van der Waals surface area contributed by atoms with Gasteiger partial charge in [-0.1, -0.05) is 48.5 Å². The standard InChI is InChI=1S/C22H22ClN5O4S/c1-3-13-14(21(31)32)8-6-10-17(13)25-19(29)12-33-22-27-26-18(28(22)2)11-24-20(30)15-7-4-5-9-16(15)23/h4-10H,3,11-12H2,1-2H3,(H,24,30)(H,25,29)(H,31,32). The van der Waals surface area contributed by atoms with Crippen LogP contribution >= 0.6 is 23.4 Å². The van der Waals surface area contributed by atoms with Gasteiger partial charge in [0.15, 0.2) is 11.0 Å². The highest BCUT2D eigenvalue weighted by atomic mass is 35.5. The lowest BCUT2D eigenvalue weighted by Gasteiger charge is -2.12. The van der Waals surface area contributed by atoms with E-state index in [1.54, 1.807) is 48.0 Å². The minimum atomic E-state index is -1.04. The van der Waals surface area contributed by atoms with Gasteiger partial charge in [-0.3, -0.25) is 9.59 Å². The summed E-state index contributed by atoms with van der Waals surface area (Å²) in [6.45, 7) is 1.97. The van der Waals surface area contributed by atoms with Gasteiger partial charge in [-0.15, -0.1) is 10.2 Å². The average molecular weight is 488 g/mol. The number of carbonyl (C=O) groups excluding carboxylic acids is 2. The number of hydrogen-bond donors (Lipinski definition) is 3. The van der Waals surface area contributed by atoms with Crippen LogP contribution in [0.3, 0.4) is 0 Å². The van der Waals surface area contributed by atoms with Crippen LogP contribution in [-0.4, -0.2) is 43.4 Å². The molecule has 0 bridgehead atoms. The maximum Gasteiger partial charge on any atom is 0.336 e. The highest BCUT2D eigenvalue weighted by Crippen LogP contribution is 2.22. The first-order valence-electron chi connectivity index (χ1n) is 10.0. The predicted octanol–water partition coefficient (Wildman–Crippen LogP) is 3.39. The summed E-state index contributed by atoms with van der Waals surface area (Å²) in [6, 6.07) is 11.5. The number of carboxylic acids is 1. The number of benzene rings is 2. The Balaban J connectivity index is 1.58. The molecule has 2 amide bonds. The number of nitrogens with one attached hydrogen (secondary N) is 2. The fraction of sp³-hybridized carbons (Fsp3) is 0.227. The maximum absolute atomic E-state index is 12.5. The molecule has 0 aliphatic carbocycles. The molecule has 0 saturated carbocycles. The largest absolute Gasteiger partial charge is 0.478 e. The number of aromatic carboxylic acids is 1. The maximum atomic E-state index is 12.5. The van der Waals surface area contributed by atoms with E-state index in [1.807, 2.05) is 6.92 Å². The minimum absolute atomic E-state index is 0.0540. The van der Waals surface area contributed by atoms with Crippen LogP contribution in [0.15, 0.2) is 47.6 Å². The van der Waals surface area contributed by atoms with E-state index >= 15 is 0 Å². The third kappa shape index (κ3) is 5.91. The second kappa shape index (κ2) is 11.0. The normalized spacial score (nSPS) is 10.6. The molecule has 9 nitrogen and oxygen atoms in total. The lowest BCUT2D eigenvalue weighted by molar-refractivity contribution is -0.113. The molecule has 0 saturated heterocycles. The van der Waals surface area contributed by atoms with Crippen LogP contribution in [0, 0.1) is 0 Å². The molecule has 0 unspecified atom stereocenters. The molecule has 1 aromatic heterocycles. The van der Waals surface area contributed by atoms with Gasteiger partial charge in [-0.25, -0.2) is 4.79 Å². The van der Waals surface area contributed by atoms with Crippen LogP contribution < -0.4 is 10.6 Å². The Morgan fingerprint density at radius 1 is 1.09 bits per heavy atom. The zero-order chi connectivity index (χ0) is 24.0. The Morgan fingerprint density at radius 2 is 1.82 bits per heavy atom. The molecule has 11 heteroatoms. The summed E-state index contributed by atoms with van der Waals surface area (Å²) >= 11 is 7.22. The van der Waals surface area contributed by atoms with Crippen molar-refractivity contribution >= 4 is 46.8 Å². The Morgan fingerprint density at radius 3 is 2.52 bits per heavy atom. The topological polar surface area (TPSA) is 126 Å². The fourth-order valence-electron chi connectivity index (χ4n) is 3.13. The van der Waals surface area contributed by atoms with Gasteiger partial charge in [0.2, 0.25) is 5.91 Å². The Labute approximate surface area is 199 Å². The van der Waals surface area contributed by atoms with Crippen molar-refractivity contribution in [1.82, 2.24) is 20.1 Å². The second-order valence-electron chi connectivity index (χ2n) is 6.95. The van der Waals surface area contributed by atoms with Crippen molar-refractivity contribution in [2.45, 2.75) is 25.0 Å². The van der Waals surface area contributed by atoms with Crippen molar-refractivity contribution < 1.29 is 19.5 Å². The van der Waals surface area contributed by atoms with E-state index in [9.17, 15) is 19.5 Å². The summed E-state index contributed by atoms with van der Waals surface area (Å²) in [5.74, 6) is -1.09. The number of rotatable bonds is 9. The number of nitrogens with zero attached hydrogens (tertiary/aromatic N) is 3. The Hall–Kier alpha value is -3.37. The molecule has 0 fully saturated rings. The first kappa shape index (κ1) is 24.3. The third-order valence-electron chi connectivity index (χ3n) is 4.82. The molecule has 33 heavy (non-hydrogen) atoms. The minimum Gasteiger partial charge on any atom is -0.478 e. The molecular formula is C22H22ClN5O4S. The summed E-state index contributed by atoms with van der Waals surface area (Å²) in [4.78, 5) is 36.2. The highest BCUT2D eigenvalue weighted by molar-refractivity contribution is 7.99. The van der Waals surface area contributed by atoms with Crippen LogP contribution in [0.2, 0.25) is 5.02 Å². The van der Waals surface area contributed by atoms with Gasteiger partial charge in [0.1, 0.15) is 0 Å². The summed E-state index contributed by atoms with van der Waals surface area (Å²) in [6.07, 6.45) is 0.470. The molecule has 3 aromatic rings. The number of amides is 2. The third-order valence-corrected chi connectivity index (χ3v) is 6.17. The Bertz CT molecular complexity index is 1200. The summed E-state index contributed by atoms with van der Waals surface area (Å²) < 4.78 is 1.69. The predicted molar refractivity (Wildman–Crippen MR) is 126 cm³/mol. The van der Waals surface area contributed by atoms with E-state index in [0.29, 0.717) is 39.2 Å². The highest BCUT2D eigenvalue weighted by Gasteiger charge is 2.16. The van der Waals surface area contributed by atoms with Crippen molar-refractivity contribution in [2.75, 3.05) is 11.1 Å². The molecule has 0 radical (unpaired) electrons. The van der Waals surface area contributed by atoms with Crippen LogP contribution in [0.4, 0.5) is 5.69 Å². The molecule has 1 heterocycles. The van der Waals surface area contributed by atoms with Gasteiger partial charge < -0.3 is 20.3 Å². The van der Waals surface area contributed by atoms with Gasteiger partial charge in [-0.2, -0.15) is 0 Å². The smallest absolute Gasteiger partial charge is 0.336 e. The fourth-order valence-corrected chi connectivity index (χ4v) is 4.08. The lowest BCUT2D eigenvalue weighted by atomic mass is 10.0. The summed E-state index contributed by atoms with van der Waals surface area (Å²) in [5, 5.41) is 23.9. The van der Waals surface area contributed by atoms with E-state index in [0.717, 1.165) is 0 Å². The average Bonchev–Trinajstić information content (AvgIpc) is 3.15. The number of anilines is 1. The lowest BCUT2D eigenvalue weighted by Crippen LogP contribution is -2.24. The Kier molecular flexibility index (Phi) is 8.07. The number of halogens is 1. The van der Waals surface area contributed by atoms with Crippen LogP contribution in [-0.2, 0) is 24.8 Å². The van der Waals surface area contributed by atoms with Crippen molar-refractivity contribution in [3.8, 4) is 0 Å². The number of carboxylic acid groups (broad SMARTS) is 1. The molecule has 2 aromatic carbocycles. The molecule has 0 aliphatic heterocycles. The molecule has 0 aliphatic rings. The van der Waals surface area contributed by atoms with Crippen molar-refractivity contribution in [3.63, 3.8) is 0 Å². The van der Waals surface area contributed by atoms with E-state index in [1.165, 1.54) is 17.8 Å². The first-order valence-corrected chi connectivity index (χ1v) is 11.4. The molecule has 172 valence electrons. The second-order valence-corrected chi connectivity index (χ2v) is 8.30. The SMILES string of the molecule is CCc1c(NC(=O)CSc2nnc(CNC(=O)c3ccccc3Cl)n2C)cccc1C(=O)O. The zero-order valence-electron chi connectivity index (χ0n) is 18.0. The molecular weight excluding hydrogens is 466 g/mol. The summed E-state index contributed by atoms with van der Waals surface area (Å²) in [5.41, 5.74) is 1.58. The number of thioether (sulfide) groups is 1. The van der Waals surface area contributed by atoms with Crippen LogP contribution in [0.25, 0.3) is 0 Å². The molecule has 3 rings (SSSR count). The van der Waals surface area contributed by atoms with E-state index < -0.39 is 5.97 Å². The van der Waals surface area contributed by atoms with Gasteiger partial charge >= 0.3 is 5.97 Å². The monoisotopic (exact) mass is 487 g/mol. The van der Waals surface area contributed by atoms with Gasteiger partial charge in [0, 0.05) is 12.7 Å². The van der Waals surface area contributed by atoms with Gasteiger partial charge in [-0.05, 0) is 36.2 Å². The van der Waals surface area contributed by atoms with Crippen LogP contribution in [0.1, 0.15) is 39.0 Å².